The summed E-state index contributed by atoms with van der Waals surface area (Å²) in [5.74, 6) is -0.0758. The summed E-state index contributed by atoms with van der Waals surface area (Å²) in [4.78, 5) is 11.9. The highest BCUT2D eigenvalue weighted by molar-refractivity contribution is 9.10. The summed E-state index contributed by atoms with van der Waals surface area (Å²) in [5.41, 5.74) is 0.607. The molecule has 0 radical (unpaired) electrons. The first-order chi connectivity index (χ1) is 8.10. The van der Waals surface area contributed by atoms with Crippen LogP contribution in [0.5, 0.6) is 0 Å². The van der Waals surface area contributed by atoms with Gasteiger partial charge in [0.05, 0.1) is 11.7 Å². The Kier molecular flexibility index (Phi) is 4.07. The number of methoxy groups -OCH3 is 1. The highest BCUT2D eigenvalue weighted by Crippen LogP contribution is 2.25. The maximum absolute atomic E-state index is 11.9. The molecule has 1 amide bonds. The van der Waals surface area contributed by atoms with Crippen molar-refractivity contribution < 1.29 is 9.53 Å². The average molecular weight is 319 g/mol. The van der Waals surface area contributed by atoms with E-state index in [1.54, 1.807) is 25.3 Å². The number of amides is 1. The summed E-state index contributed by atoms with van der Waals surface area (Å²) < 4.78 is 5.88. The minimum atomic E-state index is -0.0758. The molecule has 0 aliphatic heterocycles. The van der Waals surface area contributed by atoms with Crippen LogP contribution in [-0.2, 0) is 4.74 Å². The third-order valence-electron chi connectivity index (χ3n) is 2.94. The molecule has 2 rings (SSSR count). The summed E-state index contributed by atoms with van der Waals surface area (Å²) in [6.45, 7) is 0. The number of rotatable bonds is 3. The van der Waals surface area contributed by atoms with Crippen LogP contribution in [-0.4, -0.2) is 25.2 Å². The van der Waals surface area contributed by atoms with Crippen LogP contribution in [0.25, 0.3) is 0 Å². The van der Waals surface area contributed by atoms with Gasteiger partial charge < -0.3 is 10.1 Å². The second-order valence-electron chi connectivity index (χ2n) is 4.12. The van der Waals surface area contributed by atoms with Crippen molar-refractivity contribution in [2.24, 2.45) is 0 Å². The highest BCUT2D eigenvalue weighted by Gasteiger charge is 2.30. The zero-order valence-electron chi connectivity index (χ0n) is 9.37. The maximum Gasteiger partial charge on any atom is 0.252 e. The summed E-state index contributed by atoms with van der Waals surface area (Å²) in [7, 11) is 1.69. The molecule has 3 nitrogen and oxygen atoms in total. The standard InChI is InChI=1S/C12H13BrClNO2/c1-17-9-5-8(6-9)15-12(16)10-3-2-7(14)4-11(10)13/h2-4,8-9H,5-6H2,1H3,(H,15,16). The zero-order chi connectivity index (χ0) is 12.4. The largest absolute Gasteiger partial charge is 0.381 e. The van der Waals surface area contributed by atoms with Gasteiger partial charge in [-0.15, -0.1) is 0 Å². The van der Waals surface area contributed by atoms with Gasteiger partial charge in [-0.2, -0.15) is 0 Å². The van der Waals surface area contributed by atoms with Crippen molar-refractivity contribution in [2.45, 2.75) is 25.0 Å². The average Bonchev–Trinajstić information content (AvgIpc) is 2.22. The number of hydrogen-bond acceptors (Lipinski definition) is 2. The van der Waals surface area contributed by atoms with Gasteiger partial charge in [-0.05, 0) is 47.0 Å². The lowest BCUT2D eigenvalue weighted by atomic mass is 9.89. The lowest BCUT2D eigenvalue weighted by Gasteiger charge is -2.34. The van der Waals surface area contributed by atoms with Gasteiger partial charge in [0.2, 0.25) is 0 Å². The fourth-order valence-corrected chi connectivity index (χ4v) is 2.68. The van der Waals surface area contributed by atoms with Gasteiger partial charge in [0, 0.05) is 22.6 Å². The molecule has 0 aromatic heterocycles. The molecule has 0 heterocycles. The first-order valence-electron chi connectivity index (χ1n) is 5.39. The topological polar surface area (TPSA) is 38.3 Å². The Hall–Kier alpha value is -0.580. The molecule has 0 spiro atoms. The highest BCUT2D eigenvalue weighted by atomic mass is 79.9. The van der Waals surface area contributed by atoms with Crippen LogP contribution >= 0.6 is 27.5 Å². The smallest absolute Gasteiger partial charge is 0.252 e. The number of carbonyl (C=O) groups is 1. The number of carbonyl (C=O) groups excluding carboxylic acids is 1. The van der Waals surface area contributed by atoms with Crippen molar-refractivity contribution in [1.29, 1.82) is 0 Å². The first-order valence-corrected chi connectivity index (χ1v) is 6.56. The molecule has 1 fully saturated rings. The van der Waals surface area contributed by atoms with Gasteiger partial charge in [-0.25, -0.2) is 0 Å². The Bertz CT molecular complexity index is 433. The summed E-state index contributed by atoms with van der Waals surface area (Å²) in [5, 5.41) is 3.57. The van der Waals surface area contributed by atoms with Crippen molar-refractivity contribution in [3.8, 4) is 0 Å². The van der Waals surface area contributed by atoms with Crippen LogP contribution in [0.3, 0.4) is 0 Å². The normalized spacial score (nSPS) is 23.0. The molecular weight excluding hydrogens is 305 g/mol. The Morgan fingerprint density at radius 3 is 2.82 bits per heavy atom. The third-order valence-corrected chi connectivity index (χ3v) is 3.83. The fraction of sp³-hybridized carbons (Fsp3) is 0.417. The molecule has 1 saturated carbocycles. The van der Waals surface area contributed by atoms with Gasteiger partial charge in [0.25, 0.3) is 5.91 Å². The minimum absolute atomic E-state index is 0.0758. The molecule has 0 saturated heterocycles. The second kappa shape index (κ2) is 5.38. The van der Waals surface area contributed by atoms with Crippen LogP contribution < -0.4 is 5.32 Å². The van der Waals surface area contributed by atoms with E-state index in [9.17, 15) is 4.79 Å². The Morgan fingerprint density at radius 1 is 1.53 bits per heavy atom. The molecule has 0 unspecified atom stereocenters. The van der Waals surface area contributed by atoms with Gasteiger partial charge in [-0.3, -0.25) is 4.79 Å². The number of ether oxygens (including phenoxy) is 1. The van der Waals surface area contributed by atoms with Gasteiger partial charge in [-0.1, -0.05) is 11.6 Å². The quantitative estimate of drug-likeness (QED) is 0.930. The Balaban J connectivity index is 1.96. The Labute approximate surface area is 114 Å². The number of nitrogens with one attached hydrogen (secondary N) is 1. The van der Waals surface area contributed by atoms with E-state index in [0.29, 0.717) is 15.1 Å². The number of benzene rings is 1. The Morgan fingerprint density at radius 2 is 2.24 bits per heavy atom. The van der Waals surface area contributed by atoms with Crippen LogP contribution in [0, 0.1) is 0 Å². The van der Waals surface area contributed by atoms with Crippen LogP contribution in [0.4, 0.5) is 0 Å². The van der Waals surface area contributed by atoms with Crippen molar-refractivity contribution in [3.63, 3.8) is 0 Å². The van der Waals surface area contributed by atoms with E-state index < -0.39 is 0 Å². The van der Waals surface area contributed by atoms with E-state index in [2.05, 4.69) is 21.2 Å². The molecule has 0 bridgehead atoms. The van der Waals surface area contributed by atoms with Crippen molar-refractivity contribution in [1.82, 2.24) is 5.32 Å². The van der Waals surface area contributed by atoms with Gasteiger partial charge in [0.15, 0.2) is 0 Å². The predicted octanol–water partition coefficient (Wildman–Crippen LogP) is 3.01. The van der Waals surface area contributed by atoms with Crippen molar-refractivity contribution >= 4 is 33.4 Å². The second-order valence-corrected chi connectivity index (χ2v) is 5.41. The zero-order valence-corrected chi connectivity index (χ0v) is 11.7. The van der Waals surface area contributed by atoms with Crippen molar-refractivity contribution in [2.75, 3.05) is 7.11 Å². The number of hydrogen-bond donors (Lipinski definition) is 1. The summed E-state index contributed by atoms with van der Waals surface area (Å²) in [6, 6.07) is 5.36. The van der Waals surface area contributed by atoms with Gasteiger partial charge in [0.1, 0.15) is 0 Å². The van der Waals surface area contributed by atoms with E-state index in [4.69, 9.17) is 16.3 Å². The van der Waals surface area contributed by atoms with E-state index in [1.807, 2.05) is 0 Å². The lowest BCUT2D eigenvalue weighted by molar-refractivity contribution is 0.0176. The summed E-state index contributed by atoms with van der Waals surface area (Å²) in [6.07, 6.45) is 2.05. The molecule has 1 aliphatic carbocycles. The predicted molar refractivity (Wildman–Crippen MR) is 70.4 cm³/mol. The van der Waals surface area contributed by atoms with Gasteiger partial charge >= 0.3 is 0 Å². The number of halogens is 2. The molecule has 1 aromatic carbocycles. The molecule has 1 aliphatic rings. The molecule has 17 heavy (non-hydrogen) atoms. The molecule has 0 atom stereocenters. The maximum atomic E-state index is 11.9. The monoisotopic (exact) mass is 317 g/mol. The van der Waals surface area contributed by atoms with Crippen LogP contribution in [0.2, 0.25) is 5.02 Å². The minimum Gasteiger partial charge on any atom is -0.381 e. The van der Waals surface area contributed by atoms with E-state index >= 15 is 0 Å². The first kappa shape index (κ1) is 12.9. The third kappa shape index (κ3) is 3.00. The van der Waals surface area contributed by atoms with Crippen molar-refractivity contribution in [3.05, 3.63) is 33.3 Å². The van der Waals surface area contributed by atoms with Crippen LogP contribution in [0.1, 0.15) is 23.2 Å². The van der Waals surface area contributed by atoms with E-state index in [1.165, 1.54) is 0 Å². The van der Waals surface area contributed by atoms with E-state index in [-0.39, 0.29) is 18.1 Å². The van der Waals surface area contributed by atoms with E-state index in [0.717, 1.165) is 12.8 Å². The summed E-state index contributed by atoms with van der Waals surface area (Å²) >= 11 is 9.16. The SMILES string of the molecule is COC1CC(NC(=O)c2ccc(Cl)cc2Br)C1. The molecule has 1 aromatic rings. The molecule has 5 heteroatoms. The molecule has 1 N–H and O–H groups in total. The molecule has 92 valence electrons. The van der Waals surface area contributed by atoms with Crippen LogP contribution in [0.15, 0.2) is 22.7 Å². The molecular formula is C12H13BrClNO2. The fourth-order valence-electron chi connectivity index (χ4n) is 1.81. The lowest BCUT2D eigenvalue weighted by Crippen LogP contribution is -2.47.